The summed E-state index contributed by atoms with van der Waals surface area (Å²) in [4.78, 5) is 28.6. The molecule has 3 heterocycles. The fraction of sp³-hybridized carbons (Fsp3) is 0.409. The highest BCUT2D eigenvalue weighted by atomic mass is 19.1. The zero-order valence-electron chi connectivity index (χ0n) is 16.5. The molecule has 0 radical (unpaired) electrons. The zero-order chi connectivity index (χ0) is 20.8. The van der Waals surface area contributed by atoms with E-state index in [-0.39, 0.29) is 24.9 Å². The number of aliphatic hydroxyl groups is 1. The molecule has 5 rings (SSSR count). The third kappa shape index (κ3) is 3.02. The SMILES string of the molecule is O=C1c2cn(C/C(=C/F)CN3C(=O)c4ccccc4C3O)nc2CCN1C1CCC1. The summed E-state index contributed by atoms with van der Waals surface area (Å²) in [6, 6.07) is 7.16. The maximum Gasteiger partial charge on any atom is 0.257 e. The number of nitrogens with zero attached hydrogens (tertiary/aromatic N) is 4. The van der Waals surface area contributed by atoms with Crippen LogP contribution in [0.1, 0.15) is 57.5 Å². The van der Waals surface area contributed by atoms with Gasteiger partial charge >= 0.3 is 0 Å². The first-order valence-electron chi connectivity index (χ1n) is 10.3. The summed E-state index contributed by atoms with van der Waals surface area (Å²) in [5, 5.41) is 15.0. The lowest BCUT2D eigenvalue weighted by Gasteiger charge is -2.39. The molecule has 1 N–H and O–H groups in total. The number of carbonyl (C=O) groups is 2. The van der Waals surface area contributed by atoms with Crippen LogP contribution in [-0.4, -0.2) is 55.6 Å². The van der Waals surface area contributed by atoms with Crippen LogP contribution in [-0.2, 0) is 13.0 Å². The zero-order valence-corrected chi connectivity index (χ0v) is 16.5. The molecular formula is C22H23FN4O3. The van der Waals surface area contributed by atoms with E-state index in [0.717, 1.165) is 25.0 Å². The van der Waals surface area contributed by atoms with Crippen LogP contribution in [0.15, 0.2) is 42.4 Å². The van der Waals surface area contributed by atoms with Crippen LogP contribution in [0.25, 0.3) is 0 Å². The van der Waals surface area contributed by atoms with Gasteiger partial charge in [-0.25, -0.2) is 4.39 Å². The predicted octanol–water partition coefficient (Wildman–Crippen LogP) is 2.43. The minimum absolute atomic E-state index is 0.00132. The lowest BCUT2D eigenvalue weighted by Crippen LogP contribution is -2.47. The first kappa shape index (κ1) is 19.0. The Labute approximate surface area is 173 Å². The van der Waals surface area contributed by atoms with Gasteiger partial charge in [-0.1, -0.05) is 18.2 Å². The molecule has 1 saturated carbocycles. The Kier molecular flexibility index (Phi) is 4.66. The van der Waals surface area contributed by atoms with Gasteiger partial charge in [0, 0.05) is 42.9 Å². The second-order valence-electron chi connectivity index (χ2n) is 8.18. The molecule has 1 aromatic carbocycles. The molecule has 2 amide bonds. The van der Waals surface area contributed by atoms with Crippen molar-refractivity contribution in [3.05, 3.63) is 64.7 Å². The number of carbonyl (C=O) groups excluding carboxylic acids is 2. The highest BCUT2D eigenvalue weighted by molar-refractivity contribution is 5.99. The molecule has 0 bridgehead atoms. The number of hydrogen-bond acceptors (Lipinski definition) is 4. The lowest BCUT2D eigenvalue weighted by molar-refractivity contribution is 0.0214. The average molecular weight is 410 g/mol. The number of halogens is 1. The van der Waals surface area contributed by atoms with Crippen molar-refractivity contribution in [1.29, 1.82) is 0 Å². The second kappa shape index (κ2) is 7.36. The van der Waals surface area contributed by atoms with Gasteiger partial charge in [-0.3, -0.25) is 14.3 Å². The minimum atomic E-state index is -1.10. The molecule has 0 spiro atoms. The van der Waals surface area contributed by atoms with Gasteiger partial charge in [-0.05, 0) is 30.9 Å². The van der Waals surface area contributed by atoms with Gasteiger partial charge in [0.15, 0.2) is 6.23 Å². The molecule has 1 fully saturated rings. The Balaban J connectivity index is 1.30. The Morgan fingerprint density at radius 2 is 1.97 bits per heavy atom. The van der Waals surface area contributed by atoms with E-state index < -0.39 is 6.23 Å². The van der Waals surface area contributed by atoms with Crippen LogP contribution in [0.2, 0.25) is 0 Å². The summed E-state index contributed by atoms with van der Waals surface area (Å²) >= 11 is 0. The van der Waals surface area contributed by atoms with Crippen LogP contribution in [0.3, 0.4) is 0 Å². The molecule has 8 heteroatoms. The van der Waals surface area contributed by atoms with Gasteiger partial charge < -0.3 is 14.9 Å². The molecule has 1 atom stereocenters. The molecule has 3 aliphatic rings. The van der Waals surface area contributed by atoms with Gasteiger partial charge in [0.2, 0.25) is 0 Å². The molecule has 1 unspecified atom stereocenters. The fourth-order valence-electron chi connectivity index (χ4n) is 4.49. The van der Waals surface area contributed by atoms with Gasteiger partial charge in [-0.15, -0.1) is 0 Å². The highest BCUT2D eigenvalue weighted by Gasteiger charge is 2.36. The summed E-state index contributed by atoms with van der Waals surface area (Å²) in [5.74, 6) is -0.331. The van der Waals surface area contributed by atoms with Crippen molar-refractivity contribution in [2.75, 3.05) is 13.1 Å². The Bertz CT molecular complexity index is 1040. The Morgan fingerprint density at radius 3 is 2.67 bits per heavy atom. The standard InChI is InChI=1S/C22H23FN4O3/c23-10-14(12-27-20(28)16-6-1-2-7-17(16)21(27)29)11-25-13-18-19(24-25)8-9-26(22(18)30)15-4-3-5-15/h1-2,6-7,10,13,15,20,28H,3-5,8-9,11-12H2/b14-10-. The van der Waals surface area contributed by atoms with Crippen molar-refractivity contribution < 1.29 is 19.1 Å². The van der Waals surface area contributed by atoms with E-state index in [1.807, 2.05) is 4.90 Å². The fourth-order valence-corrected chi connectivity index (χ4v) is 4.49. The number of rotatable bonds is 5. The average Bonchev–Trinajstić information content (AvgIpc) is 3.23. The van der Waals surface area contributed by atoms with E-state index >= 15 is 0 Å². The molecule has 7 nitrogen and oxygen atoms in total. The second-order valence-corrected chi connectivity index (χ2v) is 8.18. The van der Waals surface area contributed by atoms with Crippen molar-refractivity contribution in [3.63, 3.8) is 0 Å². The smallest absolute Gasteiger partial charge is 0.257 e. The van der Waals surface area contributed by atoms with Crippen molar-refractivity contribution in [3.8, 4) is 0 Å². The number of fused-ring (bicyclic) bond motifs is 2. The Morgan fingerprint density at radius 1 is 1.17 bits per heavy atom. The maximum absolute atomic E-state index is 13.7. The van der Waals surface area contributed by atoms with E-state index in [0.29, 0.717) is 47.6 Å². The summed E-state index contributed by atoms with van der Waals surface area (Å²) in [7, 11) is 0. The molecule has 156 valence electrons. The molecule has 0 saturated heterocycles. The highest BCUT2D eigenvalue weighted by Crippen LogP contribution is 2.32. The summed E-state index contributed by atoms with van der Waals surface area (Å²) < 4.78 is 15.2. The third-order valence-electron chi connectivity index (χ3n) is 6.35. The monoisotopic (exact) mass is 410 g/mol. The first-order valence-corrected chi connectivity index (χ1v) is 10.3. The third-order valence-corrected chi connectivity index (χ3v) is 6.35. The topological polar surface area (TPSA) is 78.7 Å². The maximum atomic E-state index is 13.7. The van der Waals surface area contributed by atoms with Crippen LogP contribution in [0, 0.1) is 0 Å². The van der Waals surface area contributed by atoms with E-state index in [2.05, 4.69) is 5.10 Å². The van der Waals surface area contributed by atoms with Crippen LogP contribution < -0.4 is 0 Å². The molecule has 1 aromatic heterocycles. The van der Waals surface area contributed by atoms with Crippen molar-refractivity contribution in [2.24, 2.45) is 0 Å². The van der Waals surface area contributed by atoms with E-state index in [4.69, 9.17) is 0 Å². The van der Waals surface area contributed by atoms with Crippen molar-refractivity contribution >= 4 is 11.8 Å². The van der Waals surface area contributed by atoms with Gasteiger partial charge in [-0.2, -0.15) is 5.10 Å². The van der Waals surface area contributed by atoms with E-state index in [1.165, 1.54) is 4.90 Å². The normalized spacial score (nSPS) is 21.7. The van der Waals surface area contributed by atoms with E-state index in [1.54, 1.807) is 35.1 Å². The van der Waals surface area contributed by atoms with Crippen molar-refractivity contribution in [2.45, 2.75) is 44.5 Å². The number of aliphatic hydroxyl groups excluding tert-OH is 1. The molecule has 2 aromatic rings. The number of benzene rings is 1. The molecule has 30 heavy (non-hydrogen) atoms. The van der Waals surface area contributed by atoms with Gasteiger partial charge in [0.1, 0.15) is 0 Å². The van der Waals surface area contributed by atoms with Gasteiger partial charge in [0.25, 0.3) is 11.8 Å². The Hall–Kier alpha value is -3.00. The number of amides is 2. The largest absolute Gasteiger partial charge is 0.369 e. The quantitative estimate of drug-likeness (QED) is 0.821. The first-order chi connectivity index (χ1) is 14.6. The van der Waals surface area contributed by atoms with Crippen LogP contribution in [0.4, 0.5) is 4.39 Å². The van der Waals surface area contributed by atoms with Crippen molar-refractivity contribution in [1.82, 2.24) is 19.6 Å². The predicted molar refractivity (Wildman–Crippen MR) is 106 cm³/mol. The number of hydrogen-bond donors (Lipinski definition) is 1. The minimum Gasteiger partial charge on any atom is -0.369 e. The molecule has 2 aliphatic heterocycles. The van der Waals surface area contributed by atoms with Crippen LogP contribution >= 0.6 is 0 Å². The van der Waals surface area contributed by atoms with Crippen LogP contribution in [0.5, 0.6) is 0 Å². The molecule has 1 aliphatic carbocycles. The lowest BCUT2D eigenvalue weighted by atomic mass is 9.89. The number of aromatic nitrogens is 2. The van der Waals surface area contributed by atoms with Gasteiger partial charge in [0.05, 0.1) is 24.1 Å². The van der Waals surface area contributed by atoms with E-state index in [9.17, 15) is 19.1 Å². The summed E-state index contributed by atoms with van der Waals surface area (Å²) in [6.07, 6.45) is 4.98. The summed E-state index contributed by atoms with van der Waals surface area (Å²) in [5.41, 5.74) is 2.56. The summed E-state index contributed by atoms with van der Waals surface area (Å²) in [6.45, 7) is 0.719. The molecular weight excluding hydrogens is 387 g/mol.